The number of nitrogens with one attached hydrogen (secondary N) is 3. The molecule has 214 valence electrons. The fraction of sp³-hybridized carbons (Fsp3) is 0.0769. The molecular formula is C26H17Cl2F3N8O3. The van der Waals surface area contributed by atoms with Crippen LogP contribution in [0.3, 0.4) is 0 Å². The Morgan fingerprint density at radius 1 is 0.905 bits per heavy atom. The van der Waals surface area contributed by atoms with Gasteiger partial charge in [0.05, 0.1) is 12.2 Å². The van der Waals surface area contributed by atoms with Gasteiger partial charge in [-0.2, -0.15) is 10.3 Å². The second-order valence-electron chi connectivity index (χ2n) is 8.64. The van der Waals surface area contributed by atoms with E-state index in [1.54, 1.807) is 42.5 Å². The fourth-order valence-corrected chi connectivity index (χ4v) is 4.35. The van der Waals surface area contributed by atoms with E-state index in [1.165, 1.54) is 22.9 Å². The quantitative estimate of drug-likeness (QED) is 0.199. The molecule has 0 aliphatic carbocycles. The number of hydrogen-bond acceptors (Lipinski definition) is 7. The van der Waals surface area contributed by atoms with E-state index in [4.69, 9.17) is 23.2 Å². The number of rotatable bonds is 8. The van der Waals surface area contributed by atoms with Crippen LogP contribution >= 0.6 is 23.2 Å². The van der Waals surface area contributed by atoms with Gasteiger partial charge >= 0.3 is 6.36 Å². The van der Waals surface area contributed by atoms with Crippen molar-refractivity contribution in [2.75, 3.05) is 10.6 Å². The number of aromatic amines is 1. The number of alkyl halides is 3. The van der Waals surface area contributed by atoms with Crippen LogP contribution in [-0.4, -0.2) is 48.6 Å². The topological polar surface area (TPSA) is 140 Å². The van der Waals surface area contributed by atoms with Crippen LogP contribution < -0.4 is 15.4 Å². The van der Waals surface area contributed by atoms with Crippen molar-refractivity contribution >= 4 is 46.7 Å². The first-order chi connectivity index (χ1) is 20.0. The van der Waals surface area contributed by atoms with E-state index in [9.17, 15) is 22.8 Å². The molecule has 0 atom stereocenters. The molecule has 0 saturated carbocycles. The van der Waals surface area contributed by atoms with Gasteiger partial charge in [-0.3, -0.25) is 19.6 Å². The number of halogens is 5. The lowest BCUT2D eigenvalue weighted by Gasteiger charge is -2.11. The average Bonchev–Trinajstić information content (AvgIpc) is 3.59. The van der Waals surface area contributed by atoms with Crippen molar-refractivity contribution in [3.05, 3.63) is 99.7 Å². The summed E-state index contributed by atoms with van der Waals surface area (Å²) < 4.78 is 42.7. The van der Waals surface area contributed by atoms with Crippen molar-refractivity contribution in [3.63, 3.8) is 0 Å². The minimum absolute atomic E-state index is 0.0208. The molecule has 0 radical (unpaired) electrons. The summed E-state index contributed by atoms with van der Waals surface area (Å²) in [5.74, 6) is -1.44. The summed E-state index contributed by atoms with van der Waals surface area (Å²) in [5, 5.41) is 23.4. The van der Waals surface area contributed by atoms with Gasteiger partial charge in [-0.15, -0.1) is 18.3 Å². The molecule has 0 bridgehead atoms. The van der Waals surface area contributed by atoms with Gasteiger partial charge in [-0.05, 0) is 71.4 Å². The molecule has 0 unspecified atom stereocenters. The number of carbonyl (C=O) groups is 2. The smallest absolute Gasteiger partial charge is 0.406 e. The molecule has 0 spiro atoms. The Hall–Kier alpha value is -4.95. The van der Waals surface area contributed by atoms with Gasteiger partial charge in [-0.1, -0.05) is 40.4 Å². The fourth-order valence-electron chi connectivity index (χ4n) is 3.82. The summed E-state index contributed by atoms with van der Waals surface area (Å²) in [6.45, 7) is 0.127. The lowest BCUT2D eigenvalue weighted by molar-refractivity contribution is -0.274. The van der Waals surface area contributed by atoms with Crippen molar-refractivity contribution in [1.29, 1.82) is 0 Å². The summed E-state index contributed by atoms with van der Waals surface area (Å²) in [7, 11) is 0. The molecule has 0 aliphatic heterocycles. The predicted octanol–water partition coefficient (Wildman–Crippen LogP) is 5.82. The van der Waals surface area contributed by atoms with E-state index in [0.717, 1.165) is 12.1 Å². The Labute approximate surface area is 244 Å². The van der Waals surface area contributed by atoms with Crippen LogP contribution in [0.25, 0.3) is 11.3 Å². The highest BCUT2D eigenvalue weighted by Crippen LogP contribution is 2.28. The predicted molar refractivity (Wildman–Crippen MR) is 146 cm³/mol. The number of aromatic nitrogens is 6. The molecule has 3 N–H and O–H groups in total. The standard InChI is InChI=1S/C26H17Cl2F3N8O3/c27-17-9-16(10-18(28)11-17)21-12-22(24(41)32-19-5-7-20(8-6-19)42-26(29,30)31)39(36-21)13-14-1-3-15(4-2-14)23(40)33-25-34-37-38-35-25/h1-12H,13H2,(H,32,41)(H2,33,34,35,37,38,40). The Kier molecular flexibility index (Phi) is 8.08. The van der Waals surface area contributed by atoms with Crippen LogP contribution in [0.4, 0.5) is 24.8 Å². The number of H-pyrrole nitrogens is 1. The summed E-state index contributed by atoms with van der Waals surface area (Å²) in [4.78, 5) is 25.7. The monoisotopic (exact) mass is 616 g/mol. The number of carbonyl (C=O) groups excluding carboxylic acids is 2. The first-order valence-electron chi connectivity index (χ1n) is 11.9. The van der Waals surface area contributed by atoms with Crippen molar-refractivity contribution in [3.8, 4) is 17.0 Å². The zero-order chi connectivity index (χ0) is 29.9. The van der Waals surface area contributed by atoms with Crippen molar-refractivity contribution in [2.24, 2.45) is 0 Å². The van der Waals surface area contributed by atoms with Gasteiger partial charge < -0.3 is 10.1 Å². The second-order valence-corrected chi connectivity index (χ2v) is 9.52. The van der Waals surface area contributed by atoms with E-state index in [0.29, 0.717) is 32.4 Å². The molecule has 5 aromatic rings. The number of anilines is 2. The van der Waals surface area contributed by atoms with Gasteiger partial charge in [0, 0.05) is 26.9 Å². The molecular weight excluding hydrogens is 600 g/mol. The summed E-state index contributed by atoms with van der Waals surface area (Å²) in [6.07, 6.45) is -4.84. The highest BCUT2D eigenvalue weighted by atomic mass is 35.5. The lowest BCUT2D eigenvalue weighted by Crippen LogP contribution is -2.19. The number of benzene rings is 3. The minimum atomic E-state index is -4.84. The Balaban J connectivity index is 1.39. The van der Waals surface area contributed by atoms with Crippen LogP contribution in [0.2, 0.25) is 10.0 Å². The van der Waals surface area contributed by atoms with Crippen LogP contribution in [-0.2, 0) is 6.54 Å². The second kappa shape index (κ2) is 11.9. The van der Waals surface area contributed by atoms with Crippen LogP contribution in [0.5, 0.6) is 5.75 Å². The molecule has 5 rings (SSSR count). The maximum Gasteiger partial charge on any atom is 0.573 e. The number of nitrogens with zero attached hydrogens (tertiary/aromatic N) is 5. The number of tetrazole rings is 1. The van der Waals surface area contributed by atoms with Gasteiger partial charge in [0.25, 0.3) is 17.8 Å². The van der Waals surface area contributed by atoms with E-state index < -0.39 is 23.9 Å². The highest BCUT2D eigenvalue weighted by molar-refractivity contribution is 6.35. The third kappa shape index (κ3) is 7.21. The van der Waals surface area contributed by atoms with Crippen LogP contribution in [0.1, 0.15) is 26.4 Å². The Morgan fingerprint density at radius 2 is 1.60 bits per heavy atom. The third-order valence-electron chi connectivity index (χ3n) is 5.64. The first kappa shape index (κ1) is 28.6. The molecule has 42 heavy (non-hydrogen) atoms. The van der Waals surface area contributed by atoms with Gasteiger partial charge in [0.2, 0.25) is 0 Å². The summed E-state index contributed by atoms with van der Waals surface area (Å²) in [5.41, 5.74) is 2.35. The largest absolute Gasteiger partial charge is 0.573 e. The molecule has 11 nitrogen and oxygen atoms in total. The van der Waals surface area contributed by atoms with Gasteiger partial charge in [-0.25, -0.2) is 0 Å². The number of amides is 2. The molecule has 0 aliphatic rings. The summed E-state index contributed by atoms with van der Waals surface area (Å²) in [6, 6.07) is 17.6. The molecule has 2 amide bonds. The molecule has 3 aromatic carbocycles. The average molecular weight is 617 g/mol. The summed E-state index contributed by atoms with van der Waals surface area (Å²) >= 11 is 12.3. The van der Waals surface area contributed by atoms with Crippen molar-refractivity contribution < 1.29 is 27.5 Å². The highest BCUT2D eigenvalue weighted by Gasteiger charge is 2.31. The van der Waals surface area contributed by atoms with Crippen LogP contribution in [0, 0.1) is 0 Å². The lowest BCUT2D eigenvalue weighted by atomic mass is 10.1. The molecule has 0 saturated heterocycles. The SMILES string of the molecule is O=C(Nc1nn[nH]n1)c1ccc(Cn2nc(-c3cc(Cl)cc(Cl)c3)cc2C(=O)Nc2ccc(OC(F)(F)F)cc2)cc1. The zero-order valence-electron chi connectivity index (χ0n) is 21.0. The van der Waals surface area contributed by atoms with Gasteiger partial charge in [0.15, 0.2) is 0 Å². The van der Waals surface area contributed by atoms with Crippen LogP contribution in [0.15, 0.2) is 72.8 Å². The molecule has 2 heterocycles. The normalized spacial score (nSPS) is 11.3. The molecule has 2 aromatic heterocycles. The number of hydrogen-bond donors (Lipinski definition) is 3. The van der Waals surface area contributed by atoms with E-state index in [-0.39, 0.29) is 23.9 Å². The van der Waals surface area contributed by atoms with E-state index in [2.05, 4.69) is 41.1 Å². The Morgan fingerprint density at radius 3 is 2.21 bits per heavy atom. The molecule has 16 heteroatoms. The maximum atomic E-state index is 13.3. The maximum absolute atomic E-state index is 13.3. The van der Waals surface area contributed by atoms with Gasteiger partial charge in [0.1, 0.15) is 11.4 Å². The Bertz CT molecular complexity index is 1710. The number of ether oxygens (including phenoxy) is 1. The minimum Gasteiger partial charge on any atom is -0.406 e. The molecule has 0 fully saturated rings. The zero-order valence-corrected chi connectivity index (χ0v) is 22.5. The van der Waals surface area contributed by atoms with Crippen molar-refractivity contribution in [2.45, 2.75) is 12.9 Å². The van der Waals surface area contributed by atoms with Crippen molar-refractivity contribution in [1.82, 2.24) is 30.4 Å². The first-order valence-corrected chi connectivity index (χ1v) is 12.6. The van der Waals surface area contributed by atoms with E-state index in [1.807, 2.05) is 0 Å². The van der Waals surface area contributed by atoms with E-state index >= 15 is 0 Å². The third-order valence-corrected chi connectivity index (χ3v) is 6.07.